The molecule has 2 saturated heterocycles. The number of likely N-dealkylation sites (tertiary alicyclic amines) is 2. The second-order valence-electron chi connectivity index (χ2n) is 8.34. The maximum atomic E-state index is 13.4. The first-order chi connectivity index (χ1) is 12.4. The molecule has 0 spiro atoms. The van der Waals surface area contributed by atoms with Gasteiger partial charge in [0.1, 0.15) is 11.4 Å². The van der Waals surface area contributed by atoms with Gasteiger partial charge in [0.25, 0.3) is 0 Å². The summed E-state index contributed by atoms with van der Waals surface area (Å²) in [6.07, 6.45) is 7.37. The molecule has 4 unspecified atom stereocenters. The Bertz CT molecular complexity index is 519. The second kappa shape index (κ2) is 8.47. The minimum Gasteiger partial charge on any atom is -0.341 e. The van der Waals surface area contributed by atoms with Gasteiger partial charge in [0.05, 0.1) is 0 Å². The summed E-state index contributed by atoms with van der Waals surface area (Å²) in [5.74, 6) is 0.529. The lowest BCUT2D eigenvalue weighted by atomic mass is 9.84. The van der Waals surface area contributed by atoms with Crippen molar-refractivity contribution in [2.75, 3.05) is 26.7 Å². The van der Waals surface area contributed by atoms with Gasteiger partial charge in [-0.3, -0.25) is 9.59 Å². The second-order valence-corrected chi connectivity index (χ2v) is 8.99. The van der Waals surface area contributed by atoms with Crippen LogP contribution in [-0.2, 0) is 9.59 Å². The van der Waals surface area contributed by atoms with Crippen molar-refractivity contribution < 1.29 is 9.59 Å². The number of carbonyl (C=O) groups is 2. The Labute approximate surface area is 163 Å². The van der Waals surface area contributed by atoms with Crippen molar-refractivity contribution in [2.24, 2.45) is 5.92 Å². The van der Waals surface area contributed by atoms with Crippen LogP contribution in [0.1, 0.15) is 58.8 Å². The lowest BCUT2D eigenvalue weighted by molar-refractivity contribution is -0.146. The summed E-state index contributed by atoms with van der Waals surface area (Å²) in [6.45, 7) is 7.09. The minimum absolute atomic E-state index is 0.0615. The number of piperidine rings is 1. The molecule has 148 valence electrons. The average molecular weight is 384 g/mol. The number of rotatable bonds is 4. The fourth-order valence-electron chi connectivity index (χ4n) is 5.24. The number of amides is 2. The Kier molecular flexibility index (Phi) is 6.50. The molecule has 1 saturated carbocycles. The molecule has 0 aromatic carbocycles. The maximum Gasteiger partial charge on any atom is 0.245 e. The third-order valence-corrected chi connectivity index (χ3v) is 7.05. The monoisotopic (exact) mass is 383 g/mol. The molecule has 0 aromatic heterocycles. The van der Waals surface area contributed by atoms with Crippen molar-refractivity contribution in [2.45, 2.75) is 82.3 Å². The Morgan fingerprint density at radius 2 is 1.81 bits per heavy atom. The fourth-order valence-corrected chi connectivity index (χ4v) is 5.35. The average Bonchev–Trinajstić information content (AvgIpc) is 3.05. The van der Waals surface area contributed by atoms with Crippen LogP contribution in [0.4, 0.5) is 0 Å². The Balaban J connectivity index is 1.72. The van der Waals surface area contributed by atoms with E-state index in [2.05, 4.69) is 11.8 Å². The molecule has 2 amide bonds. The lowest BCUT2D eigenvalue weighted by Crippen LogP contribution is -2.54. The lowest BCUT2D eigenvalue weighted by Gasteiger charge is -2.39. The maximum absolute atomic E-state index is 13.4. The van der Waals surface area contributed by atoms with E-state index in [1.807, 2.05) is 16.8 Å². The number of likely N-dealkylation sites (N-methyl/N-ethyl adjacent to an activating group) is 1. The number of halogens is 1. The molecule has 1 aliphatic carbocycles. The van der Waals surface area contributed by atoms with Gasteiger partial charge in [0.2, 0.25) is 11.8 Å². The molecule has 6 heteroatoms. The first-order valence-corrected chi connectivity index (χ1v) is 10.8. The van der Waals surface area contributed by atoms with E-state index in [9.17, 15) is 9.59 Å². The van der Waals surface area contributed by atoms with Crippen LogP contribution < -0.4 is 0 Å². The van der Waals surface area contributed by atoms with Crippen LogP contribution in [-0.4, -0.2) is 76.7 Å². The topological polar surface area (TPSA) is 43.9 Å². The van der Waals surface area contributed by atoms with Crippen molar-refractivity contribution in [1.29, 1.82) is 0 Å². The quantitative estimate of drug-likeness (QED) is 0.701. The van der Waals surface area contributed by atoms with E-state index in [-0.39, 0.29) is 23.9 Å². The van der Waals surface area contributed by atoms with E-state index in [0.717, 1.165) is 58.2 Å². The van der Waals surface area contributed by atoms with E-state index in [1.165, 1.54) is 6.42 Å². The molecule has 2 heterocycles. The van der Waals surface area contributed by atoms with E-state index in [1.54, 1.807) is 6.92 Å². The Morgan fingerprint density at radius 1 is 1.15 bits per heavy atom. The molecule has 26 heavy (non-hydrogen) atoms. The van der Waals surface area contributed by atoms with Crippen LogP contribution in [0.15, 0.2) is 0 Å². The molecule has 0 aromatic rings. The molecular weight excluding hydrogens is 350 g/mol. The van der Waals surface area contributed by atoms with Gasteiger partial charge in [0.15, 0.2) is 0 Å². The summed E-state index contributed by atoms with van der Waals surface area (Å²) in [5.41, 5.74) is 0. The molecule has 4 atom stereocenters. The summed E-state index contributed by atoms with van der Waals surface area (Å²) in [5, 5.41) is -0.566. The molecule has 0 bridgehead atoms. The summed E-state index contributed by atoms with van der Waals surface area (Å²) in [6, 6.07) is 0.186. The van der Waals surface area contributed by atoms with Crippen LogP contribution in [0.2, 0.25) is 0 Å². The van der Waals surface area contributed by atoms with Gasteiger partial charge < -0.3 is 14.7 Å². The number of fused-ring (bicyclic) bond motifs is 1. The van der Waals surface area contributed by atoms with Gasteiger partial charge in [-0.25, -0.2) is 0 Å². The van der Waals surface area contributed by atoms with Crippen molar-refractivity contribution >= 4 is 23.4 Å². The highest BCUT2D eigenvalue weighted by Gasteiger charge is 2.49. The smallest absolute Gasteiger partial charge is 0.245 e. The number of carbonyl (C=O) groups excluding carboxylic acids is 2. The van der Waals surface area contributed by atoms with Gasteiger partial charge in [-0.2, -0.15) is 0 Å². The Hall–Kier alpha value is -0.810. The summed E-state index contributed by atoms with van der Waals surface area (Å²) in [4.78, 5) is 32.4. The molecule has 0 N–H and O–H groups in total. The van der Waals surface area contributed by atoms with Gasteiger partial charge in [-0.1, -0.05) is 19.8 Å². The third kappa shape index (κ3) is 3.89. The zero-order valence-electron chi connectivity index (χ0n) is 16.5. The van der Waals surface area contributed by atoms with Crippen molar-refractivity contribution in [3.63, 3.8) is 0 Å². The van der Waals surface area contributed by atoms with Crippen LogP contribution in [0.3, 0.4) is 0 Å². The van der Waals surface area contributed by atoms with E-state index < -0.39 is 5.38 Å². The molecule has 0 radical (unpaired) electrons. The highest BCUT2D eigenvalue weighted by atomic mass is 35.5. The standard InChI is InChI=1S/C20H34ClN3O2/c1-4-23-11-9-16(10-12-23)22(3)20(26)18-13-15-7-5-6-8-17(15)24(18)19(25)14(2)21/h14-18H,4-13H2,1-3H3. The molecule has 3 fully saturated rings. The molecule has 5 nitrogen and oxygen atoms in total. The van der Waals surface area contributed by atoms with Crippen LogP contribution in [0.5, 0.6) is 0 Å². The molecule has 3 aliphatic rings. The third-order valence-electron chi connectivity index (χ3n) is 6.87. The van der Waals surface area contributed by atoms with Crippen molar-refractivity contribution in [1.82, 2.24) is 14.7 Å². The Morgan fingerprint density at radius 3 is 2.42 bits per heavy atom. The van der Waals surface area contributed by atoms with Gasteiger partial charge in [0, 0.05) is 32.2 Å². The van der Waals surface area contributed by atoms with Crippen LogP contribution in [0.25, 0.3) is 0 Å². The van der Waals surface area contributed by atoms with Gasteiger partial charge in [-0.15, -0.1) is 11.6 Å². The first-order valence-electron chi connectivity index (χ1n) is 10.4. The molecule has 2 aliphatic heterocycles. The van der Waals surface area contributed by atoms with E-state index in [0.29, 0.717) is 12.0 Å². The SMILES string of the molecule is CCN1CCC(N(C)C(=O)C2CC3CCCCC3N2C(=O)C(C)Cl)CC1. The van der Waals surface area contributed by atoms with Crippen LogP contribution in [0, 0.1) is 5.92 Å². The highest BCUT2D eigenvalue weighted by molar-refractivity contribution is 6.30. The summed E-state index contributed by atoms with van der Waals surface area (Å²) < 4.78 is 0. The fraction of sp³-hybridized carbons (Fsp3) is 0.900. The molecule has 3 rings (SSSR count). The highest BCUT2D eigenvalue weighted by Crippen LogP contribution is 2.41. The summed E-state index contributed by atoms with van der Waals surface area (Å²) in [7, 11) is 1.93. The zero-order valence-corrected chi connectivity index (χ0v) is 17.2. The molecular formula is C20H34ClN3O2. The number of hydrogen-bond acceptors (Lipinski definition) is 3. The first kappa shape index (κ1) is 19.9. The largest absolute Gasteiger partial charge is 0.341 e. The predicted molar refractivity (Wildman–Crippen MR) is 104 cm³/mol. The number of nitrogens with zero attached hydrogens (tertiary/aromatic N) is 3. The number of hydrogen-bond donors (Lipinski definition) is 0. The van der Waals surface area contributed by atoms with Crippen molar-refractivity contribution in [3.8, 4) is 0 Å². The minimum atomic E-state index is -0.566. The predicted octanol–water partition coefficient (Wildman–Crippen LogP) is 2.72. The van der Waals surface area contributed by atoms with Gasteiger partial charge in [-0.05, 0) is 51.5 Å². The van der Waals surface area contributed by atoms with E-state index in [4.69, 9.17) is 11.6 Å². The number of alkyl halides is 1. The normalized spacial score (nSPS) is 31.5. The van der Waals surface area contributed by atoms with Gasteiger partial charge >= 0.3 is 0 Å². The summed E-state index contributed by atoms with van der Waals surface area (Å²) >= 11 is 6.15. The van der Waals surface area contributed by atoms with Crippen molar-refractivity contribution in [3.05, 3.63) is 0 Å². The zero-order chi connectivity index (χ0) is 18.8. The van der Waals surface area contributed by atoms with Crippen LogP contribution >= 0.6 is 11.6 Å². The van der Waals surface area contributed by atoms with E-state index >= 15 is 0 Å².